The molecule has 0 aromatic heterocycles. The lowest BCUT2D eigenvalue weighted by Crippen LogP contribution is -2.24. The van der Waals surface area contributed by atoms with E-state index in [-0.39, 0.29) is 5.82 Å². The van der Waals surface area contributed by atoms with Crippen LogP contribution in [0.3, 0.4) is 0 Å². The summed E-state index contributed by atoms with van der Waals surface area (Å²) in [5.41, 5.74) is 2.35. The van der Waals surface area contributed by atoms with E-state index in [4.69, 9.17) is 0 Å². The van der Waals surface area contributed by atoms with Crippen LogP contribution in [-0.2, 0) is 6.42 Å². The Balaban J connectivity index is 2.39. The van der Waals surface area contributed by atoms with Crippen molar-refractivity contribution in [3.8, 4) is 0 Å². The van der Waals surface area contributed by atoms with Crippen LogP contribution in [0.25, 0.3) is 0 Å². The maximum atomic E-state index is 12.9. The Bertz CT molecular complexity index is 336. The summed E-state index contributed by atoms with van der Waals surface area (Å²) in [6, 6.07) is 5.72. The molecule has 0 saturated heterocycles. The summed E-state index contributed by atoms with van der Waals surface area (Å²) in [5.74, 6) is -0.134. The number of aryl methyl sites for hydroxylation is 2. The standard InChI is InChI=1S/C15H24FN/c1-4-6-15(17-3)8-5-7-13-9-10-14(16)11-12(13)2/h9-11,15,17H,4-8H2,1-3H3. The molecule has 1 aromatic rings. The molecule has 0 fully saturated rings. The number of hydrogen-bond acceptors (Lipinski definition) is 1. The quantitative estimate of drug-likeness (QED) is 0.759. The summed E-state index contributed by atoms with van der Waals surface area (Å²) in [7, 11) is 2.03. The van der Waals surface area contributed by atoms with Crippen molar-refractivity contribution < 1.29 is 4.39 Å². The number of benzene rings is 1. The molecule has 0 heterocycles. The van der Waals surface area contributed by atoms with E-state index in [0.717, 1.165) is 18.4 Å². The van der Waals surface area contributed by atoms with Gasteiger partial charge >= 0.3 is 0 Å². The zero-order chi connectivity index (χ0) is 12.7. The summed E-state index contributed by atoms with van der Waals surface area (Å²) in [5, 5.41) is 3.35. The van der Waals surface area contributed by atoms with Crippen molar-refractivity contribution in [3.63, 3.8) is 0 Å². The molecule has 0 saturated carbocycles. The summed E-state index contributed by atoms with van der Waals surface area (Å²) in [4.78, 5) is 0. The molecular weight excluding hydrogens is 213 g/mol. The second-order valence-corrected chi connectivity index (χ2v) is 4.74. The lowest BCUT2D eigenvalue weighted by molar-refractivity contribution is 0.469. The smallest absolute Gasteiger partial charge is 0.123 e. The van der Waals surface area contributed by atoms with Gasteiger partial charge in [-0.3, -0.25) is 0 Å². The lowest BCUT2D eigenvalue weighted by atomic mass is 9.99. The van der Waals surface area contributed by atoms with Crippen molar-refractivity contribution in [3.05, 3.63) is 35.1 Å². The van der Waals surface area contributed by atoms with Gasteiger partial charge in [0, 0.05) is 6.04 Å². The van der Waals surface area contributed by atoms with Gasteiger partial charge in [-0.25, -0.2) is 4.39 Å². The van der Waals surface area contributed by atoms with Crippen molar-refractivity contribution in [2.24, 2.45) is 0 Å². The zero-order valence-corrected chi connectivity index (χ0v) is 11.2. The van der Waals surface area contributed by atoms with Crippen LogP contribution in [0.1, 0.15) is 43.7 Å². The lowest BCUT2D eigenvalue weighted by Gasteiger charge is -2.15. The van der Waals surface area contributed by atoms with Crippen LogP contribution in [0.4, 0.5) is 4.39 Å². The molecule has 1 N–H and O–H groups in total. The molecule has 17 heavy (non-hydrogen) atoms. The fourth-order valence-corrected chi connectivity index (χ4v) is 2.26. The fraction of sp³-hybridized carbons (Fsp3) is 0.600. The van der Waals surface area contributed by atoms with E-state index in [1.807, 2.05) is 20.0 Å². The first-order valence-electron chi connectivity index (χ1n) is 6.59. The minimum absolute atomic E-state index is 0.134. The molecule has 1 unspecified atom stereocenters. The normalized spacial score (nSPS) is 12.7. The van der Waals surface area contributed by atoms with E-state index in [1.165, 1.54) is 24.8 Å². The minimum atomic E-state index is -0.134. The maximum absolute atomic E-state index is 12.9. The van der Waals surface area contributed by atoms with Crippen LogP contribution in [0, 0.1) is 12.7 Å². The molecule has 96 valence electrons. The number of rotatable bonds is 7. The van der Waals surface area contributed by atoms with E-state index < -0.39 is 0 Å². The molecule has 1 nitrogen and oxygen atoms in total. The third-order valence-electron chi connectivity index (χ3n) is 3.35. The molecule has 0 aliphatic carbocycles. The predicted octanol–water partition coefficient (Wildman–Crippen LogP) is 3.84. The van der Waals surface area contributed by atoms with Crippen molar-refractivity contribution in [2.45, 2.75) is 52.0 Å². The van der Waals surface area contributed by atoms with Gasteiger partial charge in [0.25, 0.3) is 0 Å². The average Bonchev–Trinajstić information content (AvgIpc) is 2.30. The Hall–Kier alpha value is -0.890. The van der Waals surface area contributed by atoms with Crippen molar-refractivity contribution in [1.29, 1.82) is 0 Å². The van der Waals surface area contributed by atoms with Gasteiger partial charge in [0.1, 0.15) is 5.82 Å². The van der Waals surface area contributed by atoms with Crippen LogP contribution >= 0.6 is 0 Å². The Morgan fingerprint density at radius 3 is 2.65 bits per heavy atom. The van der Waals surface area contributed by atoms with Crippen LogP contribution in [0.2, 0.25) is 0 Å². The summed E-state index contributed by atoms with van der Waals surface area (Å²) >= 11 is 0. The molecule has 0 radical (unpaired) electrons. The van der Waals surface area contributed by atoms with E-state index in [2.05, 4.69) is 12.2 Å². The first-order valence-corrected chi connectivity index (χ1v) is 6.59. The second-order valence-electron chi connectivity index (χ2n) is 4.74. The van der Waals surface area contributed by atoms with Crippen molar-refractivity contribution >= 4 is 0 Å². The highest BCUT2D eigenvalue weighted by molar-refractivity contribution is 5.26. The van der Waals surface area contributed by atoms with Crippen LogP contribution in [-0.4, -0.2) is 13.1 Å². The first-order chi connectivity index (χ1) is 8.17. The van der Waals surface area contributed by atoms with Gasteiger partial charge in [0.15, 0.2) is 0 Å². The summed E-state index contributed by atoms with van der Waals surface area (Å²) in [6.45, 7) is 4.20. The van der Waals surface area contributed by atoms with Crippen molar-refractivity contribution in [2.75, 3.05) is 7.05 Å². The molecule has 0 aliphatic rings. The topological polar surface area (TPSA) is 12.0 Å². The van der Waals surface area contributed by atoms with Gasteiger partial charge < -0.3 is 5.32 Å². The highest BCUT2D eigenvalue weighted by Gasteiger charge is 2.05. The molecule has 0 bridgehead atoms. The van der Waals surface area contributed by atoms with Gasteiger partial charge in [-0.15, -0.1) is 0 Å². The van der Waals surface area contributed by atoms with E-state index in [9.17, 15) is 4.39 Å². The minimum Gasteiger partial charge on any atom is -0.317 e. The van der Waals surface area contributed by atoms with Gasteiger partial charge in [0.2, 0.25) is 0 Å². The highest BCUT2D eigenvalue weighted by Crippen LogP contribution is 2.14. The van der Waals surface area contributed by atoms with Gasteiger partial charge in [0.05, 0.1) is 0 Å². The molecular formula is C15H24FN. The maximum Gasteiger partial charge on any atom is 0.123 e. The van der Waals surface area contributed by atoms with Crippen molar-refractivity contribution in [1.82, 2.24) is 5.32 Å². The number of halogens is 1. The first kappa shape index (κ1) is 14.2. The Labute approximate surface area is 104 Å². The number of hydrogen-bond donors (Lipinski definition) is 1. The third kappa shape index (κ3) is 4.86. The van der Waals surface area contributed by atoms with Gasteiger partial charge in [-0.2, -0.15) is 0 Å². The second kappa shape index (κ2) is 7.44. The average molecular weight is 237 g/mol. The molecule has 0 amide bonds. The van der Waals surface area contributed by atoms with E-state index >= 15 is 0 Å². The molecule has 1 aromatic carbocycles. The predicted molar refractivity (Wildman–Crippen MR) is 71.8 cm³/mol. The van der Waals surface area contributed by atoms with Gasteiger partial charge in [-0.05, 0) is 62.9 Å². The Morgan fingerprint density at radius 1 is 1.29 bits per heavy atom. The molecule has 2 heteroatoms. The molecule has 0 aliphatic heterocycles. The van der Waals surface area contributed by atoms with Crippen LogP contribution < -0.4 is 5.32 Å². The van der Waals surface area contributed by atoms with E-state index in [0.29, 0.717) is 6.04 Å². The van der Waals surface area contributed by atoms with Gasteiger partial charge in [-0.1, -0.05) is 19.4 Å². The van der Waals surface area contributed by atoms with E-state index in [1.54, 1.807) is 12.1 Å². The molecule has 0 spiro atoms. The number of nitrogens with one attached hydrogen (secondary N) is 1. The van der Waals surface area contributed by atoms with Crippen LogP contribution in [0.15, 0.2) is 18.2 Å². The summed E-state index contributed by atoms with van der Waals surface area (Å²) < 4.78 is 12.9. The Kier molecular flexibility index (Phi) is 6.20. The third-order valence-corrected chi connectivity index (χ3v) is 3.35. The Morgan fingerprint density at radius 2 is 2.06 bits per heavy atom. The monoisotopic (exact) mass is 237 g/mol. The van der Waals surface area contributed by atoms with Crippen LogP contribution in [0.5, 0.6) is 0 Å². The SMILES string of the molecule is CCCC(CCCc1ccc(F)cc1C)NC. The fourth-order valence-electron chi connectivity index (χ4n) is 2.26. The summed E-state index contributed by atoms with van der Waals surface area (Å²) in [6.07, 6.45) is 5.87. The highest BCUT2D eigenvalue weighted by atomic mass is 19.1. The molecule has 1 atom stereocenters. The molecule has 1 rings (SSSR count). The largest absolute Gasteiger partial charge is 0.317 e. The zero-order valence-electron chi connectivity index (χ0n) is 11.2.